The minimum absolute atomic E-state index is 0.152. The third kappa shape index (κ3) is 5.30. The van der Waals surface area contributed by atoms with E-state index in [1.165, 1.54) is 0 Å². The fraction of sp³-hybridized carbons (Fsp3) is 0.933. The Bertz CT molecular complexity index is 682. The molecule has 8 nitrogen and oxygen atoms in total. The van der Waals surface area contributed by atoms with E-state index in [2.05, 4.69) is 15.0 Å². The summed E-state index contributed by atoms with van der Waals surface area (Å²) in [4.78, 5) is 6.50. The van der Waals surface area contributed by atoms with Gasteiger partial charge in [0.2, 0.25) is 10.0 Å². The van der Waals surface area contributed by atoms with Crippen LogP contribution in [0.25, 0.3) is 0 Å². The van der Waals surface area contributed by atoms with Crippen molar-refractivity contribution in [3.8, 4) is 0 Å². The Labute approximate surface area is 151 Å². The van der Waals surface area contributed by atoms with Crippen molar-refractivity contribution in [2.75, 3.05) is 44.7 Å². The molecule has 1 aliphatic carbocycles. The molecule has 2 aliphatic rings. The zero-order chi connectivity index (χ0) is 18.6. The van der Waals surface area contributed by atoms with Crippen molar-refractivity contribution in [2.45, 2.75) is 43.8 Å². The van der Waals surface area contributed by atoms with Crippen LogP contribution in [0.2, 0.25) is 0 Å². The highest BCUT2D eigenvalue weighted by Gasteiger charge is 2.48. The number of hydrogen-bond donors (Lipinski definition) is 2. The highest BCUT2D eigenvalue weighted by Crippen LogP contribution is 2.38. The summed E-state index contributed by atoms with van der Waals surface area (Å²) in [6.45, 7) is 4.07. The van der Waals surface area contributed by atoms with Crippen molar-refractivity contribution < 1.29 is 16.8 Å². The van der Waals surface area contributed by atoms with Crippen LogP contribution in [-0.2, 0) is 19.9 Å². The molecule has 146 valence electrons. The molecule has 2 fully saturated rings. The average Bonchev–Trinajstić information content (AvgIpc) is 2.53. The number of sulfonamides is 1. The molecule has 25 heavy (non-hydrogen) atoms. The Morgan fingerprint density at radius 3 is 2.52 bits per heavy atom. The van der Waals surface area contributed by atoms with Crippen LogP contribution in [0.3, 0.4) is 0 Å². The molecule has 0 bridgehead atoms. The van der Waals surface area contributed by atoms with Crippen molar-refractivity contribution >= 4 is 25.8 Å². The predicted molar refractivity (Wildman–Crippen MR) is 100 cm³/mol. The first-order valence-corrected chi connectivity index (χ1v) is 12.4. The molecule has 0 amide bonds. The third-order valence-electron chi connectivity index (χ3n) is 4.91. The number of nitrogens with one attached hydrogen (secondary N) is 2. The standard InChI is InChI=1S/C15H30N4O4S2/c1-3-16-14(17-9-10-18-24(2,20)21)19-11-12-25(22,23)15(13-19)7-5-4-6-8-15/h18H,3-13H2,1-2H3,(H,16,17). The lowest BCUT2D eigenvalue weighted by Gasteiger charge is -2.45. The van der Waals surface area contributed by atoms with Crippen LogP contribution < -0.4 is 10.0 Å². The zero-order valence-corrected chi connectivity index (χ0v) is 16.8. The van der Waals surface area contributed by atoms with Crippen LogP contribution in [0.4, 0.5) is 0 Å². The normalized spacial score (nSPS) is 23.6. The Hall–Kier alpha value is -0.870. The Morgan fingerprint density at radius 2 is 1.92 bits per heavy atom. The second-order valence-electron chi connectivity index (χ2n) is 6.89. The van der Waals surface area contributed by atoms with Crippen LogP contribution in [0.5, 0.6) is 0 Å². The van der Waals surface area contributed by atoms with Crippen molar-refractivity contribution in [1.82, 2.24) is 14.9 Å². The summed E-state index contributed by atoms with van der Waals surface area (Å²) < 4.78 is 49.4. The van der Waals surface area contributed by atoms with Gasteiger partial charge in [0, 0.05) is 26.2 Å². The molecule has 2 N–H and O–H groups in total. The van der Waals surface area contributed by atoms with Gasteiger partial charge in [-0.3, -0.25) is 4.99 Å². The van der Waals surface area contributed by atoms with Crippen LogP contribution in [0.1, 0.15) is 39.0 Å². The second-order valence-corrected chi connectivity index (χ2v) is 11.2. The monoisotopic (exact) mass is 394 g/mol. The molecule has 0 aromatic heterocycles. The first-order chi connectivity index (χ1) is 11.7. The average molecular weight is 395 g/mol. The van der Waals surface area contributed by atoms with E-state index in [0.717, 1.165) is 38.4 Å². The van der Waals surface area contributed by atoms with E-state index in [9.17, 15) is 16.8 Å². The molecule has 10 heteroatoms. The van der Waals surface area contributed by atoms with E-state index in [4.69, 9.17) is 0 Å². The maximum atomic E-state index is 12.7. The zero-order valence-electron chi connectivity index (χ0n) is 15.1. The highest BCUT2D eigenvalue weighted by molar-refractivity contribution is 7.92. The maximum absolute atomic E-state index is 12.7. The third-order valence-corrected chi connectivity index (χ3v) is 8.21. The number of nitrogens with zero attached hydrogens (tertiary/aromatic N) is 2. The van der Waals surface area contributed by atoms with Gasteiger partial charge in [-0.2, -0.15) is 0 Å². The largest absolute Gasteiger partial charge is 0.357 e. The van der Waals surface area contributed by atoms with Gasteiger partial charge in [-0.25, -0.2) is 21.6 Å². The fourth-order valence-corrected chi connectivity index (χ4v) is 6.26. The number of hydrogen-bond acceptors (Lipinski definition) is 5. The Morgan fingerprint density at radius 1 is 1.24 bits per heavy atom. The molecule has 1 saturated carbocycles. The maximum Gasteiger partial charge on any atom is 0.208 e. The quantitative estimate of drug-likeness (QED) is 0.384. The van der Waals surface area contributed by atoms with Gasteiger partial charge in [0.25, 0.3) is 0 Å². The van der Waals surface area contributed by atoms with Crippen LogP contribution >= 0.6 is 0 Å². The lowest BCUT2D eigenvalue weighted by atomic mass is 9.87. The van der Waals surface area contributed by atoms with Crippen molar-refractivity contribution in [2.24, 2.45) is 4.99 Å². The SMILES string of the molecule is CCNC(=NCCNS(C)(=O)=O)N1CCS(=O)(=O)C2(CCCCC2)C1. The van der Waals surface area contributed by atoms with E-state index in [1.54, 1.807) is 0 Å². The number of guanidine groups is 1. The molecule has 0 unspecified atom stereocenters. The molecule has 0 atom stereocenters. The number of rotatable bonds is 5. The molecule has 1 aliphatic heterocycles. The number of aliphatic imine (C=N–C) groups is 1. The topological polar surface area (TPSA) is 108 Å². The van der Waals surface area contributed by atoms with Gasteiger partial charge < -0.3 is 10.2 Å². The molecular formula is C15H30N4O4S2. The molecule has 0 aromatic carbocycles. The summed E-state index contributed by atoms with van der Waals surface area (Å²) in [6, 6.07) is 0. The van der Waals surface area contributed by atoms with E-state index < -0.39 is 24.6 Å². The van der Waals surface area contributed by atoms with Gasteiger partial charge in [-0.1, -0.05) is 19.3 Å². The Balaban J connectivity index is 2.10. The van der Waals surface area contributed by atoms with Crippen molar-refractivity contribution in [3.05, 3.63) is 0 Å². The summed E-state index contributed by atoms with van der Waals surface area (Å²) in [6.07, 6.45) is 5.58. The van der Waals surface area contributed by atoms with E-state index >= 15 is 0 Å². The molecular weight excluding hydrogens is 364 g/mol. The minimum Gasteiger partial charge on any atom is -0.357 e. The van der Waals surface area contributed by atoms with Crippen LogP contribution in [0, 0.1) is 0 Å². The molecule has 1 heterocycles. The summed E-state index contributed by atoms with van der Waals surface area (Å²) >= 11 is 0. The van der Waals surface area contributed by atoms with Gasteiger partial charge >= 0.3 is 0 Å². The summed E-state index contributed by atoms with van der Waals surface area (Å²) in [5.74, 6) is 0.816. The summed E-state index contributed by atoms with van der Waals surface area (Å²) in [5.41, 5.74) is 0. The van der Waals surface area contributed by atoms with E-state index in [0.29, 0.717) is 32.1 Å². The van der Waals surface area contributed by atoms with E-state index in [1.807, 2.05) is 11.8 Å². The first kappa shape index (κ1) is 20.4. The molecule has 1 spiro atoms. The van der Waals surface area contributed by atoms with Crippen LogP contribution in [0.15, 0.2) is 4.99 Å². The fourth-order valence-electron chi connectivity index (χ4n) is 3.64. The predicted octanol–water partition coefficient (Wildman–Crippen LogP) is -0.0656. The lowest BCUT2D eigenvalue weighted by molar-refractivity contribution is 0.274. The van der Waals surface area contributed by atoms with Crippen molar-refractivity contribution in [3.63, 3.8) is 0 Å². The first-order valence-electron chi connectivity index (χ1n) is 8.89. The van der Waals surface area contributed by atoms with Crippen LogP contribution in [-0.4, -0.2) is 77.2 Å². The van der Waals surface area contributed by atoms with E-state index in [-0.39, 0.29) is 12.3 Å². The van der Waals surface area contributed by atoms with Gasteiger partial charge in [0.1, 0.15) is 0 Å². The summed E-state index contributed by atoms with van der Waals surface area (Å²) in [5, 5.41) is 3.20. The molecule has 2 rings (SSSR count). The van der Waals surface area contributed by atoms with Gasteiger partial charge in [-0.05, 0) is 19.8 Å². The minimum atomic E-state index is -3.23. The van der Waals surface area contributed by atoms with Gasteiger partial charge in [0.05, 0.1) is 23.3 Å². The van der Waals surface area contributed by atoms with Gasteiger partial charge in [0.15, 0.2) is 15.8 Å². The molecule has 0 aromatic rings. The Kier molecular flexibility index (Phi) is 6.72. The van der Waals surface area contributed by atoms with Gasteiger partial charge in [-0.15, -0.1) is 0 Å². The highest BCUT2D eigenvalue weighted by atomic mass is 32.2. The molecule has 1 saturated heterocycles. The smallest absolute Gasteiger partial charge is 0.208 e. The second kappa shape index (κ2) is 8.22. The lowest BCUT2D eigenvalue weighted by Crippen LogP contribution is -2.60. The van der Waals surface area contributed by atoms with Crippen molar-refractivity contribution in [1.29, 1.82) is 0 Å². The molecule has 0 radical (unpaired) electrons. The number of sulfone groups is 1. The summed E-state index contributed by atoms with van der Waals surface area (Å²) in [7, 11) is -6.32.